The number of nitrogens with one attached hydrogen (secondary N) is 2. The van der Waals surface area contributed by atoms with Crippen LogP contribution in [0.2, 0.25) is 0 Å². The van der Waals surface area contributed by atoms with E-state index in [1.54, 1.807) is 0 Å². The number of carbonyl (C=O) groups excluding carboxylic acids is 1. The lowest BCUT2D eigenvalue weighted by Gasteiger charge is -2.12. The second-order valence-corrected chi connectivity index (χ2v) is 5.94. The fourth-order valence-corrected chi connectivity index (χ4v) is 2.47. The zero-order valence-corrected chi connectivity index (χ0v) is 14.4. The lowest BCUT2D eigenvalue weighted by molar-refractivity contribution is -0.114. The van der Waals surface area contributed by atoms with Gasteiger partial charge in [0.15, 0.2) is 0 Å². The van der Waals surface area contributed by atoms with E-state index in [2.05, 4.69) is 20.8 Å². The monoisotopic (exact) mass is 336 g/mol. The number of hydrogen-bond acceptors (Lipinski definition) is 5. The molecule has 3 aromatic rings. The maximum absolute atomic E-state index is 11.0. The molecule has 1 heterocycles. The van der Waals surface area contributed by atoms with Crippen molar-refractivity contribution >= 4 is 17.3 Å². The third-order valence-corrected chi connectivity index (χ3v) is 3.66. The van der Waals surface area contributed by atoms with Gasteiger partial charge in [0.05, 0.1) is 0 Å². The largest absolute Gasteiger partial charge is 0.418 e. The van der Waals surface area contributed by atoms with E-state index < -0.39 is 0 Å². The van der Waals surface area contributed by atoms with E-state index in [-0.39, 0.29) is 11.9 Å². The first-order valence-electron chi connectivity index (χ1n) is 8.06. The van der Waals surface area contributed by atoms with Crippen LogP contribution in [0.5, 0.6) is 0 Å². The number of amides is 1. The van der Waals surface area contributed by atoms with E-state index >= 15 is 0 Å². The summed E-state index contributed by atoms with van der Waals surface area (Å²) in [5.74, 6) is 0.930. The highest BCUT2D eigenvalue weighted by molar-refractivity contribution is 5.88. The minimum atomic E-state index is -0.141. The van der Waals surface area contributed by atoms with E-state index in [0.717, 1.165) is 22.5 Å². The van der Waals surface area contributed by atoms with Crippen molar-refractivity contribution in [2.45, 2.75) is 26.8 Å². The van der Waals surface area contributed by atoms with Gasteiger partial charge in [0.25, 0.3) is 0 Å². The summed E-state index contributed by atoms with van der Waals surface area (Å²) < 4.78 is 5.79. The normalized spacial score (nSPS) is 11.8. The van der Waals surface area contributed by atoms with Crippen molar-refractivity contribution in [2.75, 3.05) is 10.6 Å². The summed E-state index contributed by atoms with van der Waals surface area (Å²) in [5.41, 5.74) is 3.70. The molecule has 3 rings (SSSR count). The van der Waals surface area contributed by atoms with Crippen LogP contribution in [0.1, 0.15) is 31.3 Å². The van der Waals surface area contributed by atoms with E-state index in [4.69, 9.17) is 4.42 Å². The third-order valence-electron chi connectivity index (χ3n) is 3.66. The average Bonchev–Trinajstić information content (AvgIpc) is 3.06. The summed E-state index contributed by atoms with van der Waals surface area (Å²) >= 11 is 0. The van der Waals surface area contributed by atoms with Gasteiger partial charge in [-0.2, -0.15) is 0 Å². The second kappa shape index (κ2) is 7.17. The van der Waals surface area contributed by atoms with Crippen LogP contribution in [0.25, 0.3) is 11.5 Å². The van der Waals surface area contributed by atoms with Crippen LogP contribution in [0.4, 0.5) is 11.4 Å². The zero-order chi connectivity index (χ0) is 17.8. The molecule has 0 radical (unpaired) electrons. The Balaban J connectivity index is 1.69. The second-order valence-electron chi connectivity index (χ2n) is 5.94. The third kappa shape index (κ3) is 4.23. The summed E-state index contributed by atoms with van der Waals surface area (Å²) in [6.45, 7) is 5.46. The lowest BCUT2D eigenvalue weighted by Crippen LogP contribution is -2.08. The van der Waals surface area contributed by atoms with Gasteiger partial charge in [0.2, 0.25) is 17.7 Å². The summed E-state index contributed by atoms with van der Waals surface area (Å²) in [6, 6.07) is 15.3. The van der Waals surface area contributed by atoms with Gasteiger partial charge in [-0.1, -0.05) is 17.7 Å². The molecule has 0 aliphatic carbocycles. The van der Waals surface area contributed by atoms with Gasteiger partial charge in [-0.05, 0) is 50.2 Å². The predicted molar refractivity (Wildman–Crippen MR) is 97.3 cm³/mol. The van der Waals surface area contributed by atoms with Crippen molar-refractivity contribution in [1.29, 1.82) is 0 Å². The van der Waals surface area contributed by atoms with E-state index in [1.165, 1.54) is 6.92 Å². The van der Waals surface area contributed by atoms with Crippen molar-refractivity contribution in [3.8, 4) is 11.5 Å². The van der Waals surface area contributed by atoms with Crippen LogP contribution >= 0.6 is 0 Å². The Labute approximate surface area is 146 Å². The van der Waals surface area contributed by atoms with Crippen LogP contribution in [0, 0.1) is 6.92 Å². The van der Waals surface area contributed by atoms with Gasteiger partial charge in [-0.3, -0.25) is 4.79 Å². The Kier molecular flexibility index (Phi) is 4.79. The molecule has 128 valence electrons. The van der Waals surface area contributed by atoms with Crippen LogP contribution < -0.4 is 10.6 Å². The van der Waals surface area contributed by atoms with Gasteiger partial charge in [0.1, 0.15) is 6.04 Å². The van der Waals surface area contributed by atoms with Crippen LogP contribution in [0.15, 0.2) is 52.9 Å². The van der Waals surface area contributed by atoms with Crippen molar-refractivity contribution in [1.82, 2.24) is 10.2 Å². The first kappa shape index (κ1) is 16.7. The number of carbonyl (C=O) groups is 1. The Morgan fingerprint density at radius 1 is 1.08 bits per heavy atom. The average molecular weight is 336 g/mol. The molecule has 0 aliphatic heterocycles. The van der Waals surface area contributed by atoms with E-state index in [9.17, 15) is 4.79 Å². The molecule has 25 heavy (non-hydrogen) atoms. The molecule has 2 aromatic carbocycles. The molecular formula is C19H20N4O2. The fourth-order valence-electron chi connectivity index (χ4n) is 2.47. The SMILES string of the molecule is CC(=O)Nc1ccc(N[C@@H](C)c2nnc(-c3cccc(C)c3)o2)cc1. The maximum Gasteiger partial charge on any atom is 0.247 e. The maximum atomic E-state index is 11.0. The fraction of sp³-hybridized carbons (Fsp3) is 0.211. The number of aryl methyl sites for hydroxylation is 1. The molecular weight excluding hydrogens is 316 g/mol. The molecule has 0 saturated carbocycles. The molecule has 0 bridgehead atoms. The minimum Gasteiger partial charge on any atom is -0.418 e. The number of aromatic nitrogens is 2. The van der Waals surface area contributed by atoms with Crippen molar-refractivity contribution in [2.24, 2.45) is 0 Å². The highest BCUT2D eigenvalue weighted by atomic mass is 16.4. The van der Waals surface area contributed by atoms with Crippen molar-refractivity contribution in [3.05, 3.63) is 60.0 Å². The molecule has 0 spiro atoms. The minimum absolute atomic E-state index is 0.0939. The highest BCUT2D eigenvalue weighted by Gasteiger charge is 2.15. The highest BCUT2D eigenvalue weighted by Crippen LogP contribution is 2.24. The van der Waals surface area contributed by atoms with E-state index in [0.29, 0.717) is 11.8 Å². The molecule has 0 aliphatic rings. The Morgan fingerprint density at radius 2 is 1.80 bits per heavy atom. The molecule has 0 saturated heterocycles. The molecule has 1 atom stereocenters. The number of hydrogen-bond donors (Lipinski definition) is 2. The van der Waals surface area contributed by atoms with Gasteiger partial charge >= 0.3 is 0 Å². The van der Waals surface area contributed by atoms with Gasteiger partial charge in [-0.15, -0.1) is 10.2 Å². The zero-order valence-electron chi connectivity index (χ0n) is 14.4. The summed E-state index contributed by atoms with van der Waals surface area (Å²) in [6.07, 6.45) is 0. The molecule has 0 unspecified atom stereocenters. The Morgan fingerprint density at radius 3 is 2.48 bits per heavy atom. The standard InChI is InChI=1S/C19H20N4O2/c1-12-5-4-6-15(11-12)19-23-22-18(25-19)13(2)20-16-7-9-17(10-8-16)21-14(3)24/h4-11,13,20H,1-3H3,(H,21,24)/t13-/m0/s1. The Bertz CT molecular complexity index is 871. The number of rotatable bonds is 5. The summed E-state index contributed by atoms with van der Waals surface area (Å²) in [5, 5.41) is 14.3. The van der Waals surface area contributed by atoms with Gasteiger partial charge < -0.3 is 15.1 Å². The molecule has 1 aromatic heterocycles. The van der Waals surface area contributed by atoms with Crippen LogP contribution in [-0.4, -0.2) is 16.1 Å². The van der Waals surface area contributed by atoms with Crippen LogP contribution in [0.3, 0.4) is 0 Å². The molecule has 1 amide bonds. The molecule has 6 nitrogen and oxygen atoms in total. The first-order valence-corrected chi connectivity index (χ1v) is 8.06. The summed E-state index contributed by atoms with van der Waals surface area (Å²) in [7, 11) is 0. The number of nitrogens with zero attached hydrogens (tertiary/aromatic N) is 2. The number of benzene rings is 2. The van der Waals surface area contributed by atoms with Gasteiger partial charge in [0, 0.05) is 23.9 Å². The first-order chi connectivity index (χ1) is 12.0. The molecule has 6 heteroatoms. The topological polar surface area (TPSA) is 80.0 Å². The quantitative estimate of drug-likeness (QED) is 0.731. The molecule has 0 fully saturated rings. The van der Waals surface area contributed by atoms with Crippen molar-refractivity contribution in [3.63, 3.8) is 0 Å². The van der Waals surface area contributed by atoms with Gasteiger partial charge in [-0.25, -0.2) is 0 Å². The van der Waals surface area contributed by atoms with Crippen LogP contribution in [-0.2, 0) is 4.79 Å². The summed E-state index contributed by atoms with van der Waals surface area (Å²) in [4.78, 5) is 11.0. The predicted octanol–water partition coefficient (Wildman–Crippen LogP) is 4.18. The Hall–Kier alpha value is -3.15. The smallest absolute Gasteiger partial charge is 0.247 e. The van der Waals surface area contributed by atoms with Crippen molar-refractivity contribution < 1.29 is 9.21 Å². The lowest BCUT2D eigenvalue weighted by atomic mass is 10.1. The number of anilines is 2. The van der Waals surface area contributed by atoms with E-state index in [1.807, 2.05) is 62.4 Å². The molecule has 2 N–H and O–H groups in total.